The van der Waals surface area contributed by atoms with Crippen molar-refractivity contribution in [1.29, 1.82) is 0 Å². The van der Waals surface area contributed by atoms with Crippen LogP contribution in [0.3, 0.4) is 0 Å². The number of morpholine rings is 1. The summed E-state index contributed by atoms with van der Waals surface area (Å²) in [7, 11) is -3.17. The lowest BCUT2D eigenvalue weighted by molar-refractivity contribution is 0.0291. The van der Waals surface area contributed by atoms with Crippen molar-refractivity contribution in [3.63, 3.8) is 0 Å². The summed E-state index contributed by atoms with van der Waals surface area (Å²) in [4.78, 5) is 2.30. The first-order valence-corrected chi connectivity index (χ1v) is 10.1. The van der Waals surface area contributed by atoms with Crippen LogP contribution >= 0.6 is 0 Å². The molecule has 0 atom stereocenters. The van der Waals surface area contributed by atoms with Gasteiger partial charge in [0.25, 0.3) is 0 Å². The molecule has 2 saturated heterocycles. The summed E-state index contributed by atoms with van der Waals surface area (Å²) < 4.78 is 37.9. The Balaban J connectivity index is 1.96. The first-order chi connectivity index (χ1) is 10.6. The lowest BCUT2D eigenvalue weighted by atomic mass is 10.1. The maximum Gasteiger partial charge on any atom is 0.214 e. The average Bonchev–Trinajstić information content (AvgIpc) is 2.55. The molecular formula is C15H30N2O4S. The molecule has 6 nitrogen and oxygen atoms in total. The first kappa shape index (κ1) is 18.1. The predicted molar refractivity (Wildman–Crippen MR) is 86.5 cm³/mol. The molecule has 0 aromatic carbocycles. The predicted octanol–water partition coefficient (Wildman–Crippen LogP) is 0.930. The minimum absolute atomic E-state index is 0.108. The van der Waals surface area contributed by atoms with E-state index in [0.29, 0.717) is 19.8 Å². The van der Waals surface area contributed by atoms with Gasteiger partial charge in [0.05, 0.1) is 19.0 Å². The van der Waals surface area contributed by atoms with Gasteiger partial charge >= 0.3 is 0 Å². The van der Waals surface area contributed by atoms with Crippen molar-refractivity contribution in [3.05, 3.63) is 0 Å². The van der Waals surface area contributed by atoms with Gasteiger partial charge in [0.15, 0.2) is 0 Å². The van der Waals surface area contributed by atoms with Crippen molar-refractivity contribution in [2.24, 2.45) is 0 Å². The third kappa shape index (κ3) is 5.45. The van der Waals surface area contributed by atoms with E-state index in [1.54, 1.807) is 4.31 Å². The zero-order valence-corrected chi connectivity index (χ0v) is 14.5. The molecule has 2 heterocycles. The van der Waals surface area contributed by atoms with Crippen LogP contribution in [-0.4, -0.2) is 82.0 Å². The van der Waals surface area contributed by atoms with E-state index in [1.807, 2.05) is 6.92 Å². The van der Waals surface area contributed by atoms with Crippen molar-refractivity contribution >= 4 is 10.0 Å². The maximum absolute atomic E-state index is 12.7. The molecule has 130 valence electrons. The molecule has 22 heavy (non-hydrogen) atoms. The lowest BCUT2D eigenvalue weighted by Gasteiger charge is -2.35. The van der Waals surface area contributed by atoms with Crippen LogP contribution in [0.1, 0.15) is 32.6 Å². The first-order valence-electron chi connectivity index (χ1n) is 8.51. The number of ether oxygens (including phenoxy) is 2. The van der Waals surface area contributed by atoms with Gasteiger partial charge in [0, 0.05) is 45.4 Å². The van der Waals surface area contributed by atoms with E-state index in [1.165, 1.54) is 0 Å². The third-order valence-corrected chi connectivity index (χ3v) is 6.45. The number of nitrogens with zero attached hydrogens (tertiary/aromatic N) is 2. The molecule has 2 aliphatic rings. The largest absolute Gasteiger partial charge is 0.381 e. The van der Waals surface area contributed by atoms with Crippen LogP contribution in [0.25, 0.3) is 0 Å². The van der Waals surface area contributed by atoms with Crippen molar-refractivity contribution in [2.75, 3.05) is 58.4 Å². The molecule has 0 aromatic heterocycles. The normalized spacial score (nSPS) is 22.3. The van der Waals surface area contributed by atoms with Gasteiger partial charge in [-0.05, 0) is 19.3 Å². The Morgan fingerprint density at radius 2 is 1.73 bits per heavy atom. The molecule has 0 N–H and O–H groups in total. The fraction of sp³-hybridized carbons (Fsp3) is 1.00. The molecule has 0 bridgehead atoms. The summed E-state index contributed by atoms with van der Waals surface area (Å²) in [6, 6.07) is 0.108. The minimum Gasteiger partial charge on any atom is -0.381 e. The average molecular weight is 334 g/mol. The Morgan fingerprint density at radius 3 is 2.36 bits per heavy atom. The second-order valence-electron chi connectivity index (χ2n) is 6.08. The molecule has 0 aliphatic carbocycles. The molecule has 0 aromatic rings. The summed E-state index contributed by atoms with van der Waals surface area (Å²) in [6.07, 6.45) is 3.27. The Hall–Kier alpha value is -0.210. The van der Waals surface area contributed by atoms with Crippen LogP contribution in [0.2, 0.25) is 0 Å². The van der Waals surface area contributed by atoms with E-state index in [2.05, 4.69) is 4.90 Å². The smallest absolute Gasteiger partial charge is 0.214 e. The number of sulfonamides is 1. The summed E-state index contributed by atoms with van der Waals surface area (Å²) >= 11 is 0. The highest BCUT2D eigenvalue weighted by Crippen LogP contribution is 2.19. The van der Waals surface area contributed by atoms with Crippen LogP contribution in [0, 0.1) is 0 Å². The third-order valence-electron chi connectivity index (χ3n) is 4.45. The van der Waals surface area contributed by atoms with E-state index in [4.69, 9.17) is 9.47 Å². The number of hydrogen-bond donors (Lipinski definition) is 0. The van der Waals surface area contributed by atoms with Gasteiger partial charge in [-0.3, -0.25) is 4.90 Å². The Morgan fingerprint density at radius 1 is 1.09 bits per heavy atom. The highest BCUT2D eigenvalue weighted by Gasteiger charge is 2.31. The van der Waals surface area contributed by atoms with Crippen LogP contribution in [0.4, 0.5) is 0 Å². The zero-order chi connectivity index (χ0) is 15.8. The van der Waals surface area contributed by atoms with Crippen LogP contribution < -0.4 is 0 Å². The second-order valence-corrected chi connectivity index (χ2v) is 8.12. The SMILES string of the molecule is CCCCS(=O)(=O)N(CCN1CCOCC1)C1CCOCC1. The van der Waals surface area contributed by atoms with Gasteiger partial charge in [0.2, 0.25) is 10.0 Å². The van der Waals surface area contributed by atoms with Gasteiger partial charge in [-0.25, -0.2) is 8.42 Å². The standard InChI is InChI=1S/C15H30N2O4S/c1-2-3-14-22(18,19)17(15-4-10-20-11-5-15)7-6-16-8-12-21-13-9-16/h15H,2-14H2,1H3. The van der Waals surface area contributed by atoms with Crippen molar-refractivity contribution in [1.82, 2.24) is 9.21 Å². The highest BCUT2D eigenvalue weighted by atomic mass is 32.2. The van der Waals surface area contributed by atoms with E-state index >= 15 is 0 Å². The molecule has 0 radical (unpaired) electrons. The maximum atomic E-state index is 12.7. The fourth-order valence-electron chi connectivity index (χ4n) is 3.03. The second kappa shape index (κ2) is 9.17. The Bertz CT molecular complexity index is 404. The van der Waals surface area contributed by atoms with Crippen LogP contribution in [-0.2, 0) is 19.5 Å². The molecule has 0 spiro atoms. The molecular weight excluding hydrogens is 304 g/mol. The molecule has 2 aliphatic heterocycles. The van der Waals surface area contributed by atoms with Gasteiger partial charge in [0.1, 0.15) is 0 Å². The summed E-state index contributed by atoms with van der Waals surface area (Å²) in [6.45, 7) is 8.06. The molecule has 2 rings (SSSR count). The lowest BCUT2D eigenvalue weighted by Crippen LogP contribution is -2.49. The van der Waals surface area contributed by atoms with Gasteiger partial charge < -0.3 is 9.47 Å². The van der Waals surface area contributed by atoms with Gasteiger partial charge in [-0.15, -0.1) is 0 Å². The monoisotopic (exact) mass is 334 g/mol. The van der Waals surface area contributed by atoms with Gasteiger partial charge in [-0.1, -0.05) is 13.3 Å². The number of hydrogen-bond acceptors (Lipinski definition) is 5. The van der Waals surface area contributed by atoms with Crippen LogP contribution in [0.15, 0.2) is 0 Å². The van der Waals surface area contributed by atoms with Crippen molar-refractivity contribution in [2.45, 2.75) is 38.6 Å². The summed E-state index contributed by atoms with van der Waals surface area (Å²) in [5.41, 5.74) is 0. The number of unbranched alkanes of at least 4 members (excludes halogenated alkanes) is 1. The van der Waals surface area contributed by atoms with E-state index in [-0.39, 0.29) is 11.8 Å². The van der Waals surface area contributed by atoms with E-state index in [0.717, 1.165) is 58.5 Å². The molecule has 0 saturated carbocycles. The van der Waals surface area contributed by atoms with E-state index < -0.39 is 10.0 Å². The van der Waals surface area contributed by atoms with Gasteiger partial charge in [-0.2, -0.15) is 4.31 Å². The van der Waals surface area contributed by atoms with Crippen molar-refractivity contribution in [3.8, 4) is 0 Å². The summed E-state index contributed by atoms with van der Waals surface area (Å²) in [5.74, 6) is 0.268. The Labute approximate surface area is 134 Å². The molecule has 7 heteroatoms. The molecule has 0 amide bonds. The number of rotatable bonds is 8. The minimum atomic E-state index is -3.17. The topological polar surface area (TPSA) is 59.1 Å². The quantitative estimate of drug-likeness (QED) is 0.661. The van der Waals surface area contributed by atoms with Crippen LogP contribution in [0.5, 0.6) is 0 Å². The molecule has 0 unspecified atom stereocenters. The molecule has 2 fully saturated rings. The summed E-state index contributed by atoms with van der Waals surface area (Å²) in [5, 5.41) is 0. The van der Waals surface area contributed by atoms with Crippen molar-refractivity contribution < 1.29 is 17.9 Å². The fourth-order valence-corrected chi connectivity index (χ4v) is 4.94. The Kier molecular flexibility index (Phi) is 7.56. The zero-order valence-electron chi connectivity index (χ0n) is 13.7. The van der Waals surface area contributed by atoms with E-state index in [9.17, 15) is 8.42 Å². The highest BCUT2D eigenvalue weighted by molar-refractivity contribution is 7.89.